The number of hydrogen-bond acceptors (Lipinski definition) is 5. The zero-order valence-electron chi connectivity index (χ0n) is 11.6. The van der Waals surface area contributed by atoms with E-state index in [0.29, 0.717) is 31.8 Å². The fourth-order valence-electron chi connectivity index (χ4n) is 2.88. The van der Waals surface area contributed by atoms with Crippen LogP contribution in [0.2, 0.25) is 0 Å². The molecule has 0 radical (unpaired) electrons. The minimum absolute atomic E-state index is 0.00816. The quantitative estimate of drug-likeness (QED) is 0.812. The number of Topliss-reactive ketones (excluding diaryl/α,β-unsaturated/α-hetero) is 1. The van der Waals surface area contributed by atoms with Crippen molar-refractivity contribution in [2.45, 2.75) is 38.2 Å². The second kappa shape index (κ2) is 5.01. The Bertz CT molecular complexity index is 531. The molecular formula is C14H18N2O4. The SMILES string of the molecule is CCc1cc(C(=O)N2CC[C@]3(CCCO3)C(=O)C2)no1. The molecule has 0 saturated carbocycles. The van der Waals surface area contributed by atoms with E-state index in [1.165, 1.54) is 4.90 Å². The maximum Gasteiger partial charge on any atom is 0.276 e. The number of aryl methyl sites for hydroxylation is 1. The second-order valence-electron chi connectivity index (χ2n) is 5.38. The molecule has 6 heteroatoms. The van der Waals surface area contributed by atoms with Gasteiger partial charge in [0, 0.05) is 32.1 Å². The van der Waals surface area contributed by atoms with Crippen molar-refractivity contribution < 1.29 is 18.8 Å². The fraction of sp³-hybridized carbons (Fsp3) is 0.643. The number of likely N-dealkylation sites (tertiary alicyclic amines) is 1. The summed E-state index contributed by atoms with van der Waals surface area (Å²) >= 11 is 0. The van der Waals surface area contributed by atoms with E-state index in [-0.39, 0.29) is 23.9 Å². The summed E-state index contributed by atoms with van der Waals surface area (Å²) in [6.07, 6.45) is 2.97. The molecule has 2 fully saturated rings. The molecule has 108 valence electrons. The summed E-state index contributed by atoms with van der Waals surface area (Å²) in [4.78, 5) is 26.1. The second-order valence-corrected chi connectivity index (χ2v) is 5.38. The maximum atomic E-state index is 12.3. The van der Waals surface area contributed by atoms with Crippen LogP contribution in [0.1, 0.15) is 42.4 Å². The first-order valence-corrected chi connectivity index (χ1v) is 7.07. The number of nitrogens with zero attached hydrogens (tertiary/aromatic N) is 2. The minimum Gasteiger partial charge on any atom is -0.367 e. The van der Waals surface area contributed by atoms with Gasteiger partial charge < -0.3 is 14.2 Å². The van der Waals surface area contributed by atoms with E-state index >= 15 is 0 Å². The summed E-state index contributed by atoms with van der Waals surface area (Å²) < 4.78 is 10.7. The van der Waals surface area contributed by atoms with E-state index in [1.807, 2.05) is 6.92 Å². The zero-order chi connectivity index (χ0) is 14.2. The van der Waals surface area contributed by atoms with Gasteiger partial charge in [-0.3, -0.25) is 9.59 Å². The lowest BCUT2D eigenvalue weighted by Crippen LogP contribution is -2.53. The first-order valence-electron chi connectivity index (χ1n) is 7.07. The highest BCUT2D eigenvalue weighted by Crippen LogP contribution is 2.33. The Kier molecular flexibility index (Phi) is 3.33. The molecule has 0 unspecified atom stereocenters. The predicted molar refractivity (Wildman–Crippen MR) is 69.3 cm³/mol. The fourth-order valence-corrected chi connectivity index (χ4v) is 2.88. The van der Waals surface area contributed by atoms with Gasteiger partial charge in [0.25, 0.3) is 5.91 Å². The largest absolute Gasteiger partial charge is 0.367 e. The molecule has 2 aliphatic heterocycles. The molecule has 3 rings (SSSR count). The lowest BCUT2D eigenvalue weighted by atomic mass is 9.87. The Morgan fingerprint density at radius 1 is 1.50 bits per heavy atom. The Balaban J connectivity index is 1.70. The van der Waals surface area contributed by atoms with Crippen molar-refractivity contribution in [1.29, 1.82) is 0 Å². The first-order chi connectivity index (χ1) is 9.64. The normalized spacial score (nSPS) is 26.4. The number of carbonyl (C=O) groups is 2. The van der Waals surface area contributed by atoms with Gasteiger partial charge in [-0.05, 0) is 12.8 Å². The van der Waals surface area contributed by atoms with Crippen LogP contribution in [0.3, 0.4) is 0 Å². The van der Waals surface area contributed by atoms with E-state index in [4.69, 9.17) is 9.26 Å². The third-order valence-corrected chi connectivity index (χ3v) is 4.15. The van der Waals surface area contributed by atoms with Gasteiger partial charge in [-0.15, -0.1) is 0 Å². The van der Waals surface area contributed by atoms with Crippen molar-refractivity contribution in [2.75, 3.05) is 19.7 Å². The van der Waals surface area contributed by atoms with Crippen LogP contribution in [0.5, 0.6) is 0 Å². The molecule has 1 atom stereocenters. The van der Waals surface area contributed by atoms with Crippen LogP contribution in [-0.2, 0) is 16.0 Å². The molecule has 1 amide bonds. The number of rotatable bonds is 2. The smallest absolute Gasteiger partial charge is 0.276 e. The van der Waals surface area contributed by atoms with Crippen LogP contribution >= 0.6 is 0 Å². The number of aromatic nitrogens is 1. The van der Waals surface area contributed by atoms with Gasteiger partial charge in [0.2, 0.25) is 0 Å². The van der Waals surface area contributed by atoms with Crippen molar-refractivity contribution in [3.63, 3.8) is 0 Å². The highest BCUT2D eigenvalue weighted by atomic mass is 16.5. The summed E-state index contributed by atoms with van der Waals surface area (Å²) in [5.41, 5.74) is -0.354. The first kappa shape index (κ1) is 13.3. The maximum absolute atomic E-state index is 12.3. The van der Waals surface area contributed by atoms with Crippen molar-refractivity contribution in [3.8, 4) is 0 Å². The monoisotopic (exact) mass is 278 g/mol. The molecule has 3 heterocycles. The minimum atomic E-state index is -0.630. The van der Waals surface area contributed by atoms with Gasteiger partial charge in [0.05, 0.1) is 6.54 Å². The molecule has 20 heavy (non-hydrogen) atoms. The number of hydrogen-bond donors (Lipinski definition) is 0. The molecule has 2 aliphatic rings. The van der Waals surface area contributed by atoms with E-state index in [0.717, 1.165) is 12.8 Å². The Labute approximate surface area is 117 Å². The molecule has 1 aromatic rings. The van der Waals surface area contributed by atoms with Crippen molar-refractivity contribution in [3.05, 3.63) is 17.5 Å². The van der Waals surface area contributed by atoms with Crippen LogP contribution in [0.25, 0.3) is 0 Å². The zero-order valence-corrected chi connectivity index (χ0v) is 11.6. The number of amides is 1. The average molecular weight is 278 g/mol. The van der Waals surface area contributed by atoms with Gasteiger partial charge in [-0.1, -0.05) is 12.1 Å². The van der Waals surface area contributed by atoms with Gasteiger partial charge in [0.15, 0.2) is 11.5 Å². The van der Waals surface area contributed by atoms with Gasteiger partial charge in [-0.2, -0.15) is 0 Å². The third-order valence-electron chi connectivity index (χ3n) is 4.15. The molecule has 0 aliphatic carbocycles. The lowest BCUT2D eigenvalue weighted by Gasteiger charge is -2.36. The lowest BCUT2D eigenvalue weighted by molar-refractivity contribution is -0.144. The number of piperidine rings is 1. The molecule has 0 N–H and O–H groups in total. The Hall–Kier alpha value is -1.69. The number of carbonyl (C=O) groups excluding carboxylic acids is 2. The summed E-state index contributed by atoms with van der Waals surface area (Å²) in [7, 11) is 0. The summed E-state index contributed by atoms with van der Waals surface area (Å²) in [5, 5.41) is 3.77. The molecule has 6 nitrogen and oxygen atoms in total. The van der Waals surface area contributed by atoms with Gasteiger partial charge >= 0.3 is 0 Å². The standard InChI is InChI=1S/C14H18N2O4/c1-2-10-8-11(15-20-10)13(18)16-6-5-14(12(17)9-16)4-3-7-19-14/h8H,2-7,9H2,1H3/t14-/m1/s1. The molecule has 2 saturated heterocycles. The average Bonchev–Trinajstić information content (AvgIpc) is 3.11. The number of ether oxygens (including phenoxy) is 1. The molecule has 0 bridgehead atoms. The van der Waals surface area contributed by atoms with Crippen LogP contribution in [-0.4, -0.2) is 47.0 Å². The molecular weight excluding hydrogens is 260 g/mol. The summed E-state index contributed by atoms with van der Waals surface area (Å²) in [6.45, 7) is 3.20. The molecule has 1 aromatic heterocycles. The summed E-state index contributed by atoms with van der Waals surface area (Å²) in [6, 6.07) is 1.64. The van der Waals surface area contributed by atoms with E-state index in [2.05, 4.69) is 5.16 Å². The van der Waals surface area contributed by atoms with E-state index in [1.54, 1.807) is 6.07 Å². The third kappa shape index (κ3) is 2.14. The summed E-state index contributed by atoms with van der Waals surface area (Å²) in [5.74, 6) is 0.440. The predicted octanol–water partition coefficient (Wildman–Crippen LogP) is 1.20. The molecule has 1 spiro atoms. The van der Waals surface area contributed by atoms with Crippen molar-refractivity contribution in [1.82, 2.24) is 10.1 Å². The van der Waals surface area contributed by atoms with E-state index < -0.39 is 5.60 Å². The van der Waals surface area contributed by atoms with Crippen LogP contribution in [0.15, 0.2) is 10.6 Å². The Morgan fingerprint density at radius 3 is 2.95 bits per heavy atom. The Morgan fingerprint density at radius 2 is 2.35 bits per heavy atom. The highest BCUT2D eigenvalue weighted by Gasteiger charge is 2.46. The highest BCUT2D eigenvalue weighted by molar-refractivity contribution is 5.98. The van der Waals surface area contributed by atoms with Crippen LogP contribution in [0.4, 0.5) is 0 Å². The van der Waals surface area contributed by atoms with Gasteiger partial charge in [0.1, 0.15) is 11.4 Å². The van der Waals surface area contributed by atoms with Crippen LogP contribution < -0.4 is 0 Å². The van der Waals surface area contributed by atoms with Crippen LogP contribution in [0, 0.1) is 0 Å². The molecule has 0 aromatic carbocycles. The topological polar surface area (TPSA) is 72.6 Å². The van der Waals surface area contributed by atoms with Crippen molar-refractivity contribution in [2.24, 2.45) is 0 Å². The van der Waals surface area contributed by atoms with Gasteiger partial charge in [-0.25, -0.2) is 0 Å². The number of ketones is 1. The van der Waals surface area contributed by atoms with Crippen molar-refractivity contribution >= 4 is 11.7 Å². The van der Waals surface area contributed by atoms with E-state index in [9.17, 15) is 9.59 Å².